The van der Waals surface area contributed by atoms with Crippen LogP contribution in [0.25, 0.3) is 0 Å². The zero-order valence-corrected chi connectivity index (χ0v) is 18.8. The fraction of sp³-hybridized carbons (Fsp3) is 0.609. The summed E-state index contributed by atoms with van der Waals surface area (Å²) < 4.78 is 5.24. The Labute approximate surface area is 179 Å². The average Bonchev–Trinajstić information content (AvgIpc) is 2.68. The lowest BCUT2D eigenvalue weighted by Gasteiger charge is -2.34. The standard InChI is InChI=1S/C23H35N3O4/c1-6-16(7-2)21(28)26-13-11-18(12-14-26)24-20(27)17-9-8-10-19(15-17)25-22(29)30-23(3,4)5/h8-10,15-16,18H,6-7,11-14H2,1-5H3,(H,24,27)(H,25,29). The minimum Gasteiger partial charge on any atom is -0.444 e. The molecule has 7 heteroatoms. The summed E-state index contributed by atoms with van der Waals surface area (Å²) in [7, 11) is 0. The molecule has 2 rings (SSSR count). The Morgan fingerprint density at radius 3 is 2.33 bits per heavy atom. The topological polar surface area (TPSA) is 87.7 Å². The van der Waals surface area contributed by atoms with Gasteiger partial charge in [-0.05, 0) is 64.7 Å². The second-order valence-corrected chi connectivity index (χ2v) is 8.79. The fourth-order valence-electron chi connectivity index (χ4n) is 3.57. The number of carbonyl (C=O) groups is 3. The number of hydrogen-bond donors (Lipinski definition) is 2. The summed E-state index contributed by atoms with van der Waals surface area (Å²) in [5.74, 6) is 0.134. The molecule has 30 heavy (non-hydrogen) atoms. The maximum absolute atomic E-state index is 12.7. The number of carbonyl (C=O) groups excluding carboxylic acids is 3. The minimum absolute atomic E-state index is 0.0331. The molecule has 0 saturated carbocycles. The first kappa shape index (κ1) is 23.7. The van der Waals surface area contributed by atoms with Gasteiger partial charge < -0.3 is 15.0 Å². The van der Waals surface area contributed by atoms with Gasteiger partial charge in [-0.1, -0.05) is 19.9 Å². The quantitative estimate of drug-likeness (QED) is 0.726. The first-order valence-corrected chi connectivity index (χ1v) is 10.8. The molecule has 7 nitrogen and oxygen atoms in total. The van der Waals surface area contributed by atoms with Crippen LogP contribution in [0.5, 0.6) is 0 Å². The van der Waals surface area contributed by atoms with Crippen molar-refractivity contribution in [2.24, 2.45) is 5.92 Å². The van der Waals surface area contributed by atoms with Gasteiger partial charge in [-0.2, -0.15) is 0 Å². The molecule has 0 radical (unpaired) electrons. The molecule has 1 heterocycles. The molecule has 1 aromatic rings. The predicted molar refractivity (Wildman–Crippen MR) is 117 cm³/mol. The first-order valence-electron chi connectivity index (χ1n) is 10.8. The van der Waals surface area contributed by atoms with Gasteiger partial charge in [0.2, 0.25) is 5.91 Å². The Morgan fingerprint density at radius 1 is 1.13 bits per heavy atom. The molecule has 0 unspecified atom stereocenters. The molecule has 1 fully saturated rings. The van der Waals surface area contributed by atoms with Crippen LogP contribution in [0.4, 0.5) is 10.5 Å². The maximum Gasteiger partial charge on any atom is 0.412 e. The van der Waals surface area contributed by atoms with Crippen molar-refractivity contribution in [3.63, 3.8) is 0 Å². The fourth-order valence-corrected chi connectivity index (χ4v) is 3.57. The second-order valence-electron chi connectivity index (χ2n) is 8.79. The van der Waals surface area contributed by atoms with E-state index in [0.717, 1.165) is 25.7 Å². The van der Waals surface area contributed by atoms with Crippen LogP contribution in [-0.4, -0.2) is 47.5 Å². The first-order chi connectivity index (χ1) is 14.1. The van der Waals surface area contributed by atoms with Gasteiger partial charge in [0.1, 0.15) is 5.60 Å². The number of likely N-dealkylation sites (tertiary alicyclic amines) is 1. The van der Waals surface area contributed by atoms with E-state index in [1.807, 2.05) is 18.7 Å². The highest BCUT2D eigenvalue weighted by Gasteiger charge is 2.27. The molecule has 1 aliphatic rings. The van der Waals surface area contributed by atoms with Gasteiger partial charge in [0, 0.05) is 36.3 Å². The third-order valence-corrected chi connectivity index (χ3v) is 5.25. The van der Waals surface area contributed by atoms with E-state index >= 15 is 0 Å². The number of amides is 3. The Balaban J connectivity index is 1.88. The van der Waals surface area contributed by atoms with Gasteiger partial charge in [0.05, 0.1) is 0 Å². The van der Waals surface area contributed by atoms with E-state index in [4.69, 9.17) is 4.74 Å². The van der Waals surface area contributed by atoms with E-state index in [1.54, 1.807) is 45.0 Å². The molecular formula is C23H35N3O4. The van der Waals surface area contributed by atoms with Gasteiger partial charge in [0.15, 0.2) is 0 Å². The largest absolute Gasteiger partial charge is 0.444 e. The summed E-state index contributed by atoms with van der Waals surface area (Å²) in [4.78, 5) is 39.0. The number of piperidine rings is 1. The van der Waals surface area contributed by atoms with Crippen LogP contribution in [0, 0.1) is 5.92 Å². The SMILES string of the molecule is CCC(CC)C(=O)N1CCC(NC(=O)c2cccc(NC(=O)OC(C)(C)C)c2)CC1. The number of ether oxygens (including phenoxy) is 1. The molecule has 2 N–H and O–H groups in total. The number of benzene rings is 1. The van der Waals surface area contributed by atoms with Crippen molar-refractivity contribution in [1.29, 1.82) is 0 Å². The average molecular weight is 418 g/mol. The number of nitrogens with zero attached hydrogens (tertiary/aromatic N) is 1. The Morgan fingerprint density at radius 2 is 1.77 bits per heavy atom. The van der Waals surface area contributed by atoms with E-state index in [-0.39, 0.29) is 23.8 Å². The summed E-state index contributed by atoms with van der Waals surface area (Å²) >= 11 is 0. The molecular weight excluding hydrogens is 382 g/mol. The lowest BCUT2D eigenvalue weighted by Crippen LogP contribution is -2.48. The van der Waals surface area contributed by atoms with Crippen molar-refractivity contribution >= 4 is 23.6 Å². The highest BCUT2D eigenvalue weighted by Crippen LogP contribution is 2.18. The molecule has 0 spiro atoms. The molecule has 1 aliphatic heterocycles. The van der Waals surface area contributed by atoms with Crippen LogP contribution in [0.2, 0.25) is 0 Å². The minimum atomic E-state index is -0.594. The van der Waals surface area contributed by atoms with E-state index in [0.29, 0.717) is 24.3 Å². The monoisotopic (exact) mass is 417 g/mol. The molecule has 0 aliphatic carbocycles. The molecule has 0 atom stereocenters. The second kappa shape index (κ2) is 10.5. The van der Waals surface area contributed by atoms with Gasteiger partial charge >= 0.3 is 6.09 Å². The smallest absolute Gasteiger partial charge is 0.412 e. The maximum atomic E-state index is 12.7. The summed E-state index contributed by atoms with van der Waals surface area (Å²) in [6.07, 6.45) is 2.65. The van der Waals surface area contributed by atoms with E-state index in [9.17, 15) is 14.4 Å². The molecule has 1 saturated heterocycles. The van der Waals surface area contributed by atoms with Crippen LogP contribution in [-0.2, 0) is 9.53 Å². The Hall–Kier alpha value is -2.57. The van der Waals surface area contributed by atoms with Crippen molar-refractivity contribution in [1.82, 2.24) is 10.2 Å². The zero-order chi connectivity index (χ0) is 22.3. The van der Waals surface area contributed by atoms with Gasteiger partial charge in [-0.3, -0.25) is 14.9 Å². The number of rotatable bonds is 6. The van der Waals surface area contributed by atoms with Gasteiger partial charge in [-0.15, -0.1) is 0 Å². The van der Waals surface area contributed by atoms with Gasteiger partial charge in [-0.25, -0.2) is 4.79 Å². The zero-order valence-electron chi connectivity index (χ0n) is 18.8. The van der Waals surface area contributed by atoms with Crippen molar-refractivity contribution in [3.8, 4) is 0 Å². The predicted octanol–water partition coefficient (Wildman–Crippen LogP) is 4.19. The van der Waals surface area contributed by atoms with Crippen LogP contribution >= 0.6 is 0 Å². The normalized spacial score (nSPS) is 15.1. The lowest BCUT2D eigenvalue weighted by molar-refractivity contribution is -0.136. The van der Waals surface area contributed by atoms with Crippen molar-refractivity contribution in [3.05, 3.63) is 29.8 Å². The third-order valence-electron chi connectivity index (χ3n) is 5.25. The van der Waals surface area contributed by atoms with Crippen LogP contribution in [0.1, 0.15) is 70.7 Å². The van der Waals surface area contributed by atoms with Crippen molar-refractivity contribution in [2.75, 3.05) is 18.4 Å². The van der Waals surface area contributed by atoms with E-state index < -0.39 is 11.7 Å². The molecule has 1 aromatic carbocycles. The van der Waals surface area contributed by atoms with Gasteiger partial charge in [0.25, 0.3) is 5.91 Å². The summed E-state index contributed by atoms with van der Waals surface area (Å²) in [6.45, 7) is 10.8. The Kier molecular flexibility index (Phi) is 8.26. The molecule has 166 valence electrons. The number of hydrogen-bond acceptors (Lipinski definition) is 4. The molecule has 3 amide bonds. The summed E-state index contributed by atoms with van der Waals surface area (Å²) in [6, 6.07) is 6.80. The van der Waals surface area contributed by atoms with Crippen LogP contribution in [0.3, 0.4) is 0 Å². The highest BCUT2D eigenvalue weighted by atomic mass is 16.6. The number of nitrogens with one attached hydrogen (secondary N) is 2. The summed E-state index contributed by atoms with van der Waals surface area (Å²) in [5, 5.41) is 5.70. The summed E-state index contributed by atoms with van der Waals surface area (Å²) in [5.41, 5.74) is 0.380. The van der Waals surface area contributed by atoms with E-state index in [1.165, 1.54) is 0 Å². The highest BCUT2D eigenvalue weighted by molar-refractivity contribution is 5.96. The van der Waals surface area contributed by atoms with E-state index in [2.05, 4.69) is 10.6 Å². The third kappa shape index (κ3) is 7.04. The van der Waals surface area contributed by atoms with Crippen molar-refractivity contribution in [2.45, 2.75) is 71.9 Å². The number of anilines is 1. The Bertz CT molecular complexity index is 745. The van der Waals surface area contributed by atoms with Crippen LogP contribution < -0.4 is 10.6 Å². The molecule has 0 aromatic heterocycles. The van der Waals surface area contributed by atoms with Crippen molar-refractivity contribution < 1.29 is 19.1 Å². The lowest BCUT2D eigenvalue weighted by atomic mass is 9.98. The molecule has 0 bridgehead atoms. The van der Waals surface area contributed by atoms with Crippen LogP contribution in [0.15, 0.2) is 24.3 Å².